The van der Waals surface area contributed by atoms with Gasteiger partial charge in [0.05, 0.1) is 112 Å². The molecule has 47 heavy (non-hydrogen) atoms. The maximum Gasteiger partial charge on any atom is 0.143 e. The SMILES string of the molecule is FCCOCCOCCOCCOCCOCCOCCOCCOCCOC(c1ccccc1)(c1ccccc1)c1ccccc1. The first-order valence-electron chi connectivity index (χ1n) is 16.4. The van der Waals surface area contributed by atoms with Gasteiger partial charge in [0.25, 0.3) is 0 Å². The van der Waals surface area contributed by atoms with Crippen molar-refractivity contribution in [2.24, 2.45) is 0 Å². The van der Waals surface area contributed by atoms with Crippen LogP contribution in [0.25, 0.3) is 0 Å². The molecule has 3 rings (SSSR count). The quantitative estimate of drug-likeness (QED) is 0.0718. The normalized spacial score (nSPS) is 11.7. The number of hydrogen-bond donors (Lipinski definition) is 0. The van der Waals surface area contributed by atoms with Gasteiger partial charge in [0.15, 0.2) is 0 Å². The highest BCUT2D eigenvalue weighted by Crippen LogP contribution is 2.40. The van der Waals surface area contributed by atoms with Crippen LogP contribution in [0.5, 0.6) is 0 Å². The standard InChI is InChI=1S/C37H51FO9/c38-16-17-39-18-19-40-20-21-41-22-23-42-24-25-43-26-27-44-28-29-45-30-31-46-32-33-47-37(34-10-4-1-5-11-34,35-12-6-2-7-13-35)36-14-8-3-9-15-36/h1-15H,16-33H2. The molecule has 0 aliphatic carbocycles. The van der Waals surface area contributed by atoms with E-state index in [1.165, 1.54) is 0 Å². The van der Waals surface area contributed by atoms with Crippen LogP contribution in [-0.4, -0.2) is 119 Å². The summed E-state index contributed by atoms with van der Waals surface area (Å²) in [4.78, 5) is 0. The second kappa shape index (κ2) is 26.2. The summed E-state index contributed by atoms with van der Waals surface area (Å²) in [6.07, 6.45) is 0. The smallest absolute Gasteiger partial charge is 0.143 e. The number of hydrogen-bond acceptors (Lipinski definition) is 9. The monoisotopic (exact) mass is 658 g/mol. The Kier molecular flexibility index (Phi) is 21.6. The molecular weight excluding hydrogens is 607 g/mol. The van der Waals surface area contributed by atoms with E-state index in [1.54, 1.807) is 0 Å². The summed E-state index contributed by atoms with van der Waals surface area (Å²) in [5, 5.41) is 0. The van der Waals surface area contributed by atoms with E-state index in [0.29, 0.717) is 106 Å². The average molecular weight is 659 g/mol. The maximum atomic E-state index is 11.9. The Hall–Kier alpha value is -2.77. The minimum absolute atomic E-state index is 0.112. The molecule has 0 spiro atoms. The van der Waals surface area contributed by atoms with E-state index >= 15 is 0 Å². The van der Waals surface area contributed by atoms with Gasteiger partial charge in [0, 0.05) is 0 Å². The van der Waals surface area contributed by atoms with Crippen molar-refractivity contribution in [3.63, 3.8) is 0 Å². The predicted molar refractivity (Wildman–Crippen MR) is 178 cm³/mol. The summed E-state index contributed by atoms with van der Waals surface area (Å²) in [5.41, 5.74) is 2.44. The van der Waals surface area contributed by atoms with Crippen molar-refractivity contribution in [1.82, 2.24) is 0 Å². The summed E-state index contributed by atoms with van der Waals surface area (Å²) in [7, 11) is 0. The molecule has 3 aromatic rings. The molecule has 3 aromatic carbocycles. The topological polar surface area (TPSA) is 83.1 Å². The molecule has 0 unspecified atom stereocenters. The summed E-state index contributed by atoms with van der Waals surface area (Å²) >= 11 is 0. The summed E-state index contributed by atoms with van der Waals surface area (Å²) in [6.45, 7) is 7.13. The summed E-state index contributed by atoms with van der Waals surface area (Å²) < 4.78 is 62.2. The van der Waals surface area contributed by atoms with Gasteiger partial charge in [-0.1, -0.05) is 91.0 Å². The van der Waals surface area contributed by atoms with E-state index < -0.39 is 12.3 Å². The Morgan fingerprint density at radius 3 is 0.809 bits per heavy atom. The zero-order valence-corrected chi connectivity index (χ0v) is 27.4. The first-order chi connectivity index (χ1) is 23.4. The molecule has 0 fully saturated rings. The lowest BCUT2D eigenvalue weighted by atomic mass is 9.80. The minimum atomic E-state index is -0.751. The van der Waals surface area contributed by atoms with Crippen molar-refractivity contribution in [3.8, 4) is 0 Å². The van der Waals surface area contributed by atoms with Gasteiger partial charge >= 0.3 is 0 Å². The summed E-state index contributed by atoms with van der Waals surface area (Å²) in [5.74, 6) is 0. The number of ether oxygens (including phenoxy) is 9. The van der Waals surface area contributed by atoms with Gasteiger partial charge < -0.3 is 42.6 Å². The van der Waals surface area contributed by atoms with Crippen LogP contribution in [0, 0.1) is 0 Å². The zero-order valence-electron chi connectivity index (χ0n) is 27.4. The Labute approximate surface area is 279 Å². The summed E-state index contributed by atoms with van der Waals surface area (Å²) in [6, 6.07) is 30.9. The fraction of sp³-hybridized carbons (Fsp3) is 0.514. The first kappa shape index (κ1) is 38.7. The van der Waals surface area contributed by atoms with E-state index in [-0.39, 0.29) is 6.61 Å². The van der Waals surface area contributed by atoms with Crippen LogP contribution in [0.4, 0.5) is 4.39 Å². The third-order valence-corrected chi connectivity index (χ3v) is 6.91. The highest BCUT2D eigenvalue weighted by molar-refractivity contribution is 5.47. The van der Waals surface area contributed by atoms with Crippen molar-refractivity contribution in [1.29, 1.82) is 0 Å². The van der Waals surface area contributed by atoms with Crippen molar-refractivity contribution >= 4 is 0 Å². The number of benzene rings is 3. The predicted octanol–water partition coefficient (Wildman–Crippen LogP) is 5.10. The number of rotatable bonds is 30. The van der Waals surface area contributed by atoms with Gasteiger partial charge in [-0.15, -0.1) is 0 Å². The lowest BCUT2D eigenvalue weighted by molar-refractivity contribution is -0.0398. The van der Waals surface area contributed by atoms with Crippen molar-refractivity contribution in [3.05, 3.63) is 108 Å². The molecule has 0 aromatic heterocycles. The van der Waals surface area contributed by atoms with Crippen molar-refractivity contribution in [2.45, 2.75) is 5.60 Å². The van der Waals surface area contributed by atoms with Crippen LogP contribution in [-0.2, 0) is 48.2 Å². The first-order valence-corrected chi connectivity index (χ1v) is 16.4. The molecule has 9 nitrogen and oxygen atoms in total. The zero-order chi connectivity index (χ0) is 32.9. The Morgan fingerprint density at radius 1 is 0.319 bits per heavy atom. The average Bonchev–Trinajstić information content (AvgIpc) is 3.12. The fourth-order valence-corrected chi connectivity index (χ4v) is 4.72. The molecular formula is C37H51FO9. The number of halogens is 1. The van der Waals surface area contributed by atoms with Crippen molar-refractivity contribution < 1.29 is 47.0 Å². The van der Waals surface area contributed by atoms with Crippen LogP contribution in [0.15, 0.2) is 91.0 Å². The molecule has 0 heterocycles. The van der Waals surface area contributed by atoms with E-state index in [2.05, 4.69) is 36.4 Å². The van der Waals surface area contributed by atoms with Crippen LogP contribution in [0.1, 0.15) is 16.7 Å². The van der Waals surface area contributed by atoms with Crippen LogP contribution < -0.4 is 0 Å². The van der Waals surface area contributed by atoms with Gasteiger partial charge in [0.2, 0.25) is 0 Å². The van der Waals surface area contributed by atoms with Gasteiger partial charge in [-0.25, -0.2) is 4.39 Å². The highest BCUT2D eigenvalue weighted by Gasteiger charge is 2.37. The van der Waals surface area contributed by atoms with Crippen LogP contribution >= 0.6 is 0 Å². The molecule has 0 bridgehead atoms. The molecule has 0 atom stereocenters. The molecule has 0 amide bonds. The lowest BCUT2D eigenvalue weighted by Crippen LogP contribution is -2.34. The van der Waals surface area contributed by atoms with Gasteiger partial charge in [0.1, 0.15) is 12.3 Å². The molecule has 0 saturated carbocycles. The van der Waals surface area contributed by atoms with Crippen LogP contribution in [0.3, 0.4) is 0 Å². The lowest BCUT2D eigenvalue weighted by Gasteiger charge is -2.36. The molecule has 0 saturated heterocycles. The second-order valence-electron chi connectivity index (χ2n) is 10.2. The Bertz CT molecular complexity index is 1010. The third kappa shape index (κ3) is 15.8. The molecule has 0 radical (unpaired) electrons. The molecule has 260 valence electrons. The largest absolute Gasteiger partial charge is 0.377 e. The maximum absolute atomic E-state index is 11.9. The van der Waals surface area contributed by atoms with E-state index in [0.717, 1.165) is 16.7 Å². The number of alkyl halides is 1. The Balaban J connectivity index is 1.16. The van der Waals surface area contributed by atoms with Crippen molar-refractivity contribution in [2.75, 3.05) is 119 Å². The van der Waals surface area contributed by atoms with E-state index in [1.807, 2.05) is 54.6 Å². The van der Waals surface area contributed by atoms with Gasteiger partial charge in [-0.2, -0.15) is 0 Å². The van der Waals surface area contributed by atoms with Crippen LogP contribution in [0.2, 0.25) is 0 Å². The molecule has 0 aliphatic rings. The Morgan fingerprint density at radius 2 is 0.553 bits per heavy atom. The van der Waals surface area contributed by atoms with E-state index in [9.17, 15) is 4.39 Å². The minimum Gasteiger partial charge on any atom is -0.377 e. The third-order valence-electron chi connectivity index (χ3n) is 6.91. The van der Waals surface area contributed by atoms with E-state index in [4.69, 9.17) is 42.6 Å². The highest BCUT2D eigenvalue weighted by atomic mass is 19.1. The van der Waals surface area contributed by atoms with Gasteiger partial charge in [-0.3, -0.25) is 0 Å². The second-order valence-corrected chi connectivity index (χ2v) is 10.2. The van der Waals surface area contributed by atoms with Gasteiger partial charge in [-0.05, 0) is 16.7 Å². The molecule has 0 N–H and O–H groups in total. The molecule has 0 aliphatic heterocycles. The fourth-order valence-electron chi connectivity index (χ4n) is 4.72. The molecule has 10 heteroatoms.